The van der Waals surface area contributed by atoms with Crippen molar-refractivity contribution in [3.8, 4) is 11.5 Å². The number of para-hydroxylation sites is 1. The van der Waals surface area contributed by atoms with Crippen LogP contribution in [0.4, 0.5) is 4.39 Å². The monoisotopic (exact) mass is 489 g/mol. The van der Waals surface area contributed by atoms with E-state index in [1.165, 1.54) is 28.2 Å². The van der Waals surface area contributed by atoms with Gasteiger partial charge in [-0.25, -0.2) is 17.8 Å². The quantitative estimate of drug-likeness (QED) is 0.318. The lowest BCUT2D eigenvalue weighted by Crippen LogP contribution is -2.30. The Balaban J connectivity index is 1.55. The van der Waals surface area contributed by atoms with Crippen LogP contribution in [0.2, 0.25) is 0 Å². The predicted octanol–water partition coefficient (Wildman–Crippen LogP) is 4.57. The van der Waals surface area contributed by atoms with Crippen molar-refractivity contribution in [3.63, 3.8) is 0 Å². The van der Waals surface area contributed by atoms with Crippen molar-refractivity contribution in [2.24, 2.45) is 0 Å². The molecule has 4 rings (SSSR count). The maximum Gasteiger partial charge on any atom is 0.277 e. The third-order valence-corrected chi connectivity index (χ3v) is 8.14. The molecule has 2 heterocycles. The van der Waals surface area contributed by atoms with Gasteiger partial charge in [0.2, 0.25) is 15.9 Å². The van der Waals surface area contributed by atoms with Crippen LogP contribution >= 0.6 is 11.8 Å². The van der Waals surface area contributed by atoms with E-state index in [0.29, 0.717) is 47.5 Å². The van der Waals surface area contributed by atoms with Gasteiger partial charge in [0.25, 0.3) is 5.22 Å². The molecule has 0 saturated heterocycles. The molecule has 0 atom stereocenters. The molecule has 11 heteroatoms. The fourth-order valence-corrected chi connectivity index (χ4v) is 5.85. The highest BCUT2D eigenvalue weighted by atomic mass is 32.2. The summed E-state index contributed by atoms with van der Waals surface area (Å²) in [6.07, 6.45) is 0. The molecule has 0 unspecified atom stereocenters. The van der Waals surface area contributed by atoms with Crippen molar-refractivity contribution in [2.75, 3.05) is 13.1 Å². The van der Waals surface area contributed by atoms with Crippen LogP contribution in [0.25, 0.3) is 22.5 Å². The fourth-order valence-electron chi connectivity index (χ4n) is 3.64. The molecule has 0 aliphatic rings. The fraction of sp³-hybridized carbons (Fsp3) is 0.318. The molecular weight excluding hydrogens is 465 g/mol. The molecule has 0 fully saturated rings. The van der Waals surface area contributed by atoms with E-state index in [9.17, 15) is 12.8 Å². The summed E-state index contributed by atoms with van der Waals surface area (Å²) in [4.78, 5) is 4.62. The number of hydrogen-bond donors (Lipinski definition) is 0. The number of fused-ring (bicyclic) bond motifs is 1. The van der Waals surface area contributed by atoms with Crippen molar-refractivity contribution < 1.29 is 17.2 Å². The minimum absolute atomic E-state index is 0.176. The van der Waals surface area contributed by atoms with Crippen LogP contribution in [0.15, 0.2) is 57.0 Å². The smallest absolute Gasteiger partial charge is 0.277 e. The summed E-state index contributed by atoms with van der Waals surface area (Å²) >= 11 is 1.29. The number of rotatable bonds is 9. The summed E-state index contributed by atoms with van der Waals surface area (Å²) < 4.78 is 48.9. The molecule has 2 aromatic heterocycles. The van der Waals surface area contributed by atoms with E-state index in [4.69, 9.17) is 4.42 Å². The zero-order valence-corrected chi connectivity index (χ0v) is 20.2. The maximum absolute atomic E-state index is 14.1. The lowest BCUT2D eigenvalue weighted by molar-refractivity contribution is 0.445. The highest BCUT2D eigenvalue weighted by Crippen LogP contribution is 2.29. The van der Waals surface area contributed by atoms with Crippen LogP contribution in [-0.2, 0) is 22.3 Å². The molecule has 0 radical (unpaired) electrons. The standard InChI is InChI=1S/C22H24FN5O3S2/c1-4-27(5-2)33(29,30)16-10-7-9-15(13-16)21-25-26-22(31-21)32-14-19-24-20-17(23)11-8-12-18(20)28(19)6-3/h7-13H,4-6,14H2,1-3H3. The van der Waals surface area contributed by atoms with Gasteiger partial charge in [0.1, 0.15) is 11.3 Å². The van der Waals surface area contributed by atoms with Gasteiger partial charge in [0.05, 0.1) is 16.2 Å². The van der Waals surface area contributed by atoms with Gasteiger partial charge in [-0.3, -0.25) is 0 Å². The Labute approximate surface area is 195 Å². The van der Waals surface area contributed by atoms with Crippen molar-refractivity contribution in [1.82, 2.24) is 24.1 Å². The second-order valence-electron chi connectivity index (χ2n) is 7.16. The lowest BCUT2D eigenvalue weighted by atomic mass is 10.2. The average molecular weight is 490 g/mol. The molecule has 0 aliphatic carbocycles. The Hall–Kier alpha value is -2.76. The zero-order valence-electron chi connectivity index (χ0n) is 18.5. The Bertz CT molecular complexity index is 1380. The SMILES string of the molecule is CCN(CC)S(=O)(=O)c1cccc(-c2nnc(SCc3nc4c(F)cccc4n3CC)o2)c1. The number of benzene rings is 2. The van der Waals surface area contributed by atoms with Gasteiger partial charge in [0, 0.05) is 25.2 Å². The number of aryl methyl sites for hydroxylation is 1. The molecule has 33 heavy (non-hydrogen) atoms. The van der Waals surface area contributed by atoms with E-state index in [2.05, 4.69) is 15.2 Å². The van der Waals surface area contributed by atoms with E-state index in [1.54, 1.807) is 38.1 Å². The largest absolute Gasteiger partial charge is 0.411 e. The molecule has 0 spiro atoms. The summed E-state index contributed by atoms with van der Waals surface area (Å²) in [5.74, 6) is 0.990. The highest BCUT2D eigenvalue weighted by molar-refractivity contribution is 7.98. The lowest BCUT2D eigenvalue weighted by Gasteiger charge is -2.18. The second kappa shape index (κ2) is 9.62. The zero-order chi connectivity index (χ0) is 23.6. The first-order valence-corrected chi connectivity index (χ1v) is 13.0. The number of sulfonamides is 1. The van der Waals surface area contributed by atoms with E-state index in [-0.39, 0.29) is 16.6 Å². The van der Waals surface area contributed by atoms with Crippen LogP contribution in [0.5, 0.6) is 0 Å². The Morgan fingerprint density at radius 1 is 1.09 bits per heavy atom. The molecule has 0 aliphatic heterocycles. The molecular formula is C22H24FN5O3S2. The van der Waals surface area contributed by atoms with Crippen LogP contribution in [0.1, 0.15) is 26.6 Å². The number of hydrogen-bond acceptors (Lipinski definition) is 7. The van der Waals surface area contributed by atoms with Gasteiger partial charge >= 0.3 is 0 Å². The molecule has 4 aromatic rings. The Kier molecular flexibility index (Phi) is 6.82. The van der Waals surface area contributed by atoms with E-state index in [0.717, 1.165) is 5.52 Å². The van der Waals surface area contributed by atoms with Gasteiger partial charge < -0.3 is 8.98 Å². The third-order valence-electron chi connectivity index (χ3n) is 5.28. The normalized spacial score (nSPS) is 12.2. The van der Waals surface area contributed by atoms with Crippen LogP contribution in [-0.4, -0.2) is 45.6 Å². The Morgan fingerprint density at radius 2 is 1.85 bits per heavy atom. The number of aromatic nitrogens is 4. The third kappa shape index (κ3) is 4.53. The summed E-state index contributed by atoms with van der Waals surface area (Å²) in [6.45, 7) is 7.00. The topological polar surface area (TPSA) is 94.1 Å². The number of halogens is 1. The molecule has 0 bridgehead atoms. The Morgan fingerprint density at radius 3 is 2.58 bits per heavy atom. The van der Waals surface area contributed by atoms with Gasteiger partial charge in [-0.2, -0.15) is 4.31 Å². The van der Waals surface area contributed by atoms with E-state index < -0.39 is 10.0 Å². The first-order chi connectivity index (χ1) is 15.9. The van der Waals surface area contributed by atoms with Crippen LogP contribution in [0.3, 0.4) is 0 Å². The number of nitrogens with zero attached hydrogens (tertiary/aromatic N) is 5. The van der Waals surface area contributed by atoms with Gasteiger partial charge in [-0.1, -0.05) is 37.7 Å². The second-order valence-corrected chi connectivity index (χ2v) is 10.0. The number of imidazole rings is 1. The van der Waals surface area contributed by atoms with Gasteiger partial charge in [-0.05, 0) is 37.3 Å². The first-order valence-electron chi connectivity index (χ1n) is 10.6. The minimum Gasteiger partial charge on any atom is -0.411 e. The van der Waals surface area contributed by atoms with Crippen LogP contribution in [0, 0.1) is 5.82 Å². The first kappa shape index (κ1) is 23.4. The summed E-state index contributed by atoms with van der Waals surface area (Å²) in [5.41, 5.74) is 1.60. The molecule has 8 nitrogen and oxygen atoms in total. The van der Waals surface area contributed by atoms with Crippen LogP contribution < -0.4 is 0 Å². The van der Waals surface area contributed by atoms with Gasteiger partial charge in [0.15, 0.2) is 5.82 Å². The van der Waals surface area contributed by atoms with Crippen molar-refractivity contribution in [2.45, 2.75) is 43.2 Å². The summed E-state index contributed by atoms with van der Waals surface area (Å²) in [5, 5.41) is 8.46. The maximum atomic E-state index is 14.1. The highest BCUT2D eigenvalue weighted by Gasteiger charge is 2.23. The minimum atomic E-state index is -3.60. The molecule has 0 N–H and O–H groups in total. The van der Waals surface area contributed by atoms with Crippen molar-refractivity contribution in [3.05, 3.63) is 54.1 Å². The van der Waals surface area contributed by atoms with Gasteiger partial charge in [-0.15, -0.1) is 10.2 Å². The predicted molar refractivity (Wildman–Crippen MR) is 125 cm³/mol. The van der Waals surface area contributed by atoms with E-state index >= 15 is 0 Å². The average Bonchev–Trinajstić information content (AvgIpc) is 3.43. The summed E-state index contributed by atoms with van der Waals surface area (Å²) in [6, 6.07) is 11.4. The van der Waals surface area contributed by atoms with Crippen molar-refractivity contribution in [1.29, 1.82) is 0 Å². The molecule has 2 aromatic carbocycles. The molecule has 0 amide bonds. The number of thioether (sulfide) groups is 1. The summed E-state index contributed by atoms with van der Waals surface area (Å²) in [7, 11) is -3.60. The molecule has 174 valence electrons. The molecule has 0 saturated carbocycles. The van der Waals surface area contributed by atoms with Crippen molar-refractivity contribution >= 4 is 32.8 Å². The van der Waals surface area contributed by atoms with E-state index in [1.807, 2.05) is 17.6 Å².